The molecule has 0 aromatic heterocycles. The lowest BCUT2D eigenvalue weighted by Gasteiger charge is -2.28. The van der Waals surface area contributed by atoms with Crippen LogP contribution in [0.2, 0.25) is 0 Å². The van der Waals surface area contributed by atoms with Gasteiger partial charge in [0.05, 0.1) is 0 Å². The highest BCUT2D eigenvalue weighted by Crippen LogP contribution is 2.37. The fourth-order valence-electron chi connectivity index (χ4n) is 5.04. The van der Waals surface area contributed by atoms with Gasteiger partial charge in [0.25, 0.3) is 0 Å². The SMILES string of the molecule is C=CCCc1ccc2cc(C#Cc3ccc(C4CCC(CCC)CC4)cc3)ccc2c1F. The molecule has 0 N–H and O–H groups in total. The van der Waals surface area contributed by atoms with Crippen molar-refractivity contribution < 1.29 is 4.39 Å². The minimum atomic E-state index is -0.122. The van der Waals surface area contributed by atoms with Crippen LogP contribution < -0.4 is 0 Å². The van der Waals surface area contributed by atoms with Crippen molar-refractivity contribution in [1.29, 1.82) is 0 Å². The Labute approximate surface area is 192 Å². The Morgan fingerprint density at radius 1 is 0.938 bits per heavy atom. The zero-order valence-electron chi connectivity index (χ0n) is 19.2. The Morgan fingerprint density at radius 3 is 2.38 bits per heavy atom. The van der Waals surface area contributed by atoms with Crippen LogP contribution in [0, 0.1) is 23.6 Å². The van der Waals surface area contributed by atoms with E-state index >= 15 is 0 Å². The van der Waals surface area contributed by atoms with Crippen molar-refractivity contribution in [3.63, 3.8) is 0 Å². The summed E-state index contributed by atoms with van der Waals surface area (Å²) in [6, 6.07) is 18.4. The van der Waals surface area contributed by atoms with E-state index in [2.05, 4.69) is 49.6 Å². The molecule has 0 saturated heterocycles. The summed E-state index contributed by atoms with van der Waals surface area (Å²) in [5.41, 5.74) is 4.14. The minimum absolute atomic E-state index is 0.122. The van der Waals surface area contributed by atoms with Crippen LogP contribution >= 0.6 is 0 Å². The number of rotatable bonds is 6. The molecule has 1 fully saturated rings. The van der Waals surface area contributed by atoms with Gasteiger partial charge in [-0.25, -0.2) is 4.39 Å². The third-order valence-corrected chi connectivity index (χ3v) is 6.93. The zero-order chi connectivity index (χ0) is 22.3. The molecular weight excluding hydrogens is 391 g/mol. The first kappa shape index (κ1) is 22.3. The van der Waals surface area contributed by atoms with Crippen LogP contribution in [-0.4, -0.2) is 0 Å². The van der Waals surface area contributed by atoms with E-state index in [0.717, 1.165) is 34.4 Å². The summed E-state index contributed by atoms with van der Waals surface area (Å²) < 4.78 is 14.8. The first-order chi connectivity index (χ1) is 15.7. The molecule has 1 aliphatic carbocycles. The fourth-order valence-corrected chi connectivity index (χ4v) is 5.04. The van der Waals surface area contributed by atoms with Crippen molar-refractivity contribution >= 4 is 10.8 Å². The van der Waals surface area contributed by atoms with Gasteiger partial charge in [0, 0.05) is 16.5 Å². The van der Waals surface area contributed by atoms with Gasteiger partial charge in [-0.05, 0) is 91.1 Å². The van der Waals surface area contributed by atoms with Crippen molar-refractivity contribution in [2.24, 2.45) is 5.92 Å². The van der Waals surface area contributed by atoms with Gasteiger partial charge < -0.3 is 0 Å². The number of fused-ring (bicyclic) bond motifs is 1. The van der Waals surface area contributed by atoms with E-state index in [1.165, 1.54) is 44.1 Å². The third kappa shape index (κ3) is 5.31. The highest BCUT2D eigenvalue weighted by atomic mass is 19.1. The van der Waals surface area contributed by atoms with E-state index in [1.54, 1.807) is 0 Å². The van der Waals surface area contributed by atoms with Crippen LogP contribution in [0.1, 0.15) is 80.0 Å². The van der Waals surface area contributed by atoms with E-state index in [0.29, 0.717) is 17.7 Å². The third-order valence-electron chi connectivity index (χ3n) is 6.93. The monoisotopic (exact) mass is 424 g/mol. The molecule has 32 heavy (non-hydrogen) atoms. The highest BCUT2D eigenvalue weighted by molar-refractivity contribution is 5.85. The predicted octanol–water partition coefficient (Wildman–Crippen LogP) is 8.57. The Kier molecular flexibility index (Phi) is 7.43. The molecule has 0 amide bonds. The normalized spacial score (nSPS) is 18.2. The first-order valence-electron chi connectivity index (χ1n) is 12.1. The quantitative estimate of drug-likeness (QED) is 0.274. The molecule has 0 nitrogen and oxygen atoms in total. The van der Waals surface area contributed by atoms with E-state index in [9.17, 15) is 4.39 Å². The maximum absolute atomic E-state index is 14.8. The fraction of sp³-hybridized carbons (Fsp3) is 0.355. The summed E-state index contributed by atoms with van der Waals surface area (Å²) in [5.74, 6) is 8.06. The number of allylic oxidation sites excluding steroid dienone is 1. The van der Waals surface area contributed by atoms with Crippen molar-refractivity contribution in [1.82, 2.24) is 0 Å². The maximum Gasteiger partial charge on any atom is 0.134 e. The van der Waals surface area contributed by atoms with Crippen molar-refractivity contribution in [3.05, 3.63) is 95.3 Å². The topological polar surface area (TPSA) is 0 Å². The van der Waals surface area contributed by atoms with E-state index in [-0.39, 0.29) is 5.82 Å². The summed E-state index contributed by atoms with van der Waals surface area (Å²) in [6.07, 6.45) is 11.4. The zero-order valence-corrected chi connectivity index (χ0v) is 19.2. The molecule has 3 aromatic carbocycles. The Hall–Kier alpha value is -2.85. The predicted molar refractivity (Wildman–Crippen MR) is 134 cm³/mol. The van der Waals surface area contributed by atoms with E-state index < -0.39 is 0 Å². The Bertz CT molecular complexity index is 1120. The van der Waals surface area contributed by atoms with Crippen molar-refractivity contribution in [2.75, 3.05) is 0 Å². The largest absolute Gasteiger partial charge is 0.206 e. The van der Waals surface area contributed by atoms with Crippen LogP contribution in [-0.2, 0) is 6.42 Å². The number of halogens is 1. The van der Waals surface area contributed by atoms with Crippen molar-refractivity contribution in [3.8, 4) is 11.8 Å². The van der Waals surface area contributed by atoms with E-state index in [1.807, 2.05) is 36.4 Å². The molecule has 164 valence electrons. The van der Waals surface area contributed by atoms with Crippen LogP contribution in [0.4, 0.5) is 4.39 Å². The van der Waals surface area contributed by atoms with Gasteiger partial charge >= 0.3 is 0 Å². The lowest BCUT2D eigenvalue weighted by Crippen LogP contribution is -2.13. The van der Waals surface area contributed by atoms with Crippen LogP contribution in [0.5, 0.6) is 0 Å². The van der Waals surface area contributed by atoms with Crippen LogP contribution in [0.25, 0.3) is 10.8 Å². The lowest BCUT2D eigenvalue weighted by molar-refractivity contribution is 0.308. The molecule has 0 unspecified atom stereocenters. The molecule has 0 atom stereocenters. The average molecular weight is 425 g/mol. The minimum Gasteiger partial charge on any atom is -0.206 e. The molecule has 1 saturated carbocycles. The summed E-state index contributed by atoms with van der Waals surface area (Å²) in [6.45, 7) is 6.02. The molecule has 1 heteroatoms. The standard InChI is InChI=1S/C31H33F/c1-3-5-7-28-19-20-29-22-25(14-21-30(29)31(28)32)9-8-24-12-17-27(18-13-24)26-15-10-23(6-4-2)11-16-26/h3,12-14,17-23,26H,1,4-7,10-11,15-16H2,2H3. The summed E-state index contributed by atoms with van der Waals surface area (Å²) in [7, 11) is 0. The Morgan fingerprint density at radius 2 is 1.66 bits per heavy atom. The van der Waals surface area contributed by atoms with Gasteiger partial charge in [-0.3, -0.25) is 0 Å². The number of benzene rings is 3. The van der Waals surface area contributed by atoms with Crippen LogP contribution in [0.15, 0.2) is 67.3 Å². The molecular formula is C31H33F. The second-order valence-electron chi connectivity index (χ2n) is 9.18. The van der Waals surface area contributed by atoms with Gasteiger partial charge in [0.15, 0.2) is 0 Å². The molecule has 0 spiro atoms. The van der Waals surface area contributed by atoms with Gasteiger partial charge in [-0.2, -0.15) is 0 Å². The first-order valence-corrected chi connectivity index (χ1v) is 12.1. The second kappa shape index (κ2) is 10.6. The van der Waals surface area contributed by atoms with Gasteiger partial charge in [-0.1, -0.05) is 68.0 Å². The van der Waals surface area contributed by atoms with E-state index in [4.69, 9.17) is 0 Å². The maximum atomic E-state index is 14.8. The second-order valence-corrected chi connectivity index (χ2v) is 9.18. The van der Waals surface area contributed by atoms with Crippen LogP contribution in [0.3, 0.4) is 0 Å². The molecule has 1 aliphatic rings. The molecule has 0 bridgehead atoms. The average Bonchev–Trinajstić information content (AvgIpc) is 2.83. The summed E-state index contributed by atoms with van der Waals surface area (Å²) >= 11 is 0. The molecule has 0 radical (unpaired) electrons. The van der Waals surface area contributed by atoms with Gasteiger partial charge in [0.2, 0.25) is 0 Å². The molecule has 3 aromatic rings. The van der Waals surface area contributed by atoms with Gasteiger partial charge in [0.1, 0.15) is 5.82 Å². The number of hydrogen-bond donors (Lipinski definition) is 0. The molecule has 0 heterocycles. The summed E-state index contributed by atoms with van der Waals surface area (Å²) in [4.78, 5) is 0. The molecule has 4 rings (SSSR count). The Balaban J connectivity index is 1.44. The van der Waals surface area contributed by atoms with Gasteiger partial charge in [-0.15, -0.1) is 6.58 Å². The number of aryl methyl sites for hydroxylation is 1. The van der Waals surface area contributed by atoms with Crippen molar-refractivity contribution in [2.45, 2.75) is 64.2 Å². The lowest BCUT2D eigenvalue weighted by atomic mass is 9.77. The molecule has 0 aliphatic heterocycles. The number of hydrogen-bond acceptors (Lipinski definition) is 0. The smallest absolute Gasteiger partial charge is 0.134 e. The summed E-state index contributed by atoms with van der Waals surface area (Å²) in [5, 5.41) is 1.56. The highest BCUT2D eigenvalue weighted by Gasteiger charge is 2.21.